The Balaban J connectivity index is 1.93. The van der Waals surface area contributed by atoms with E-state index in [-0.39, 0.29) is 11.5 Å². The highest BCUT2D eigenvalue weighted by molar-refractivity contribution is 5.86. The van der Waals surface area contributed by atoms with Gasteiger partial charge in [0.2, 0.25) is 0 Å². The number of aliphatic carboxylic acids is 1. The van der Waals surface area contributed by atoms with Crippen molar-refractivity contribution in [2.45, 2.75) is 12.5 Å². The lowest BCUT2D eigenvalue weighted by Gasteiger charge is -2.13. The van der Waals surface area contributed by atoms with Crippen molar-refractivity contribution in [2.24, 2.45) is 0 Å². The van der Waals surface area contributed by atoms with Gasteiger partial charge in [-0.15, -0.1) is 13.2 Å². The van der Waals surface area contributed by atoms with Crippen molar-refractivity contribution in [3.63, 3.8) is 0 Å². The predicted molar refractivity (Wildman–Crippen MR) is 107 cm³/mol. The van der Waals surface area contributed by atoms with Crippen molar-refractivity contribution in [3.05, 3.63) is 83.9 Å². The van der Waals surface area contributed by atoms with Crippen LogP contribution < -0.4 is 9.47 Å². The molecule has 0 aliphatic rings. The Morgan fingerprint density at radius 2 is 1.36 bits per heavy atom. The molecule has 0 fully saturated rings. The Bertz CT molecular complexity index is 1150. The molecule has 0 amide bonds. The number of halogens is 6. The molecule has 3 aromatic rings. The number of hydrogen-bond acceptors (Lipinski definition) is 3. The minimum Gasteiger partial charge on any atom is -0.478 e. The summed E-state index contributed by atoms with van der Waals surface area (Å²) in [6.07, 6.45) is -7.25. The number of benzene rings is 3. The molecule has 3 aromatic carbocycles. The third-order valence-corrected chi connectivity index (χ3v) is 4.25. The maximum Gasteiger partial charge on any atom is 0.573 e. The molecule has 0 aromatic heterocycles. The lowest BCUT2D eigenvalue weighted by Crippen LogP contribution is -2.16. The summed E-state index contributed by atoms with van der Waals surface area (Å²) in [7, 11) is 0. The van der Waals surface area contributed by atoms with E-state index in [1.54, 1.807) is 6.07 Å². The van der Waals surface area contributed by atoms with Crippen LogP contribution in [0.5, 0.6) is 17.2 Å². The zero-order chi connectivity index (χ0) is 24.2. The number of alkyl halides is 6. The molecule has 0 atom stereocenters. The minimum atomic E-state index is -4.83. The summed E-state index contributed by atoms with van der Waals surface area (Å²) >= 11 is 0. The predicted octanol–water partition coefficient (Wildman–Crippen LogP) is 7.16. The average Bonchev–Trinajstić information content (AvgIpc) is 2.72. The van der Waals surface area contributed by atoms with E-state index in [9.17, 15) is 31.1 Å². The number of carboxylic acid groups (broad SMARTS) is 1. The van der Waals surface area contributed by atoms with Gasteiger partial charge in [-0.3, -0.25) is 0 Å². The van der Waals surface area contributed by atoms with Crippen molar-refractivity contribution in [2.75, 3.05) is 0 Å². The first-order valence-corrected chi connectivity index (χ1v) is 9.17. The van der Waals surface area contributed by atoms with Gasteiger partial charge in [0.1, 0.15) is 17.2 Å². The molecule has 0 saturated carbocycles. The van der Waals surface area contributed by atoms with E-state index in [1.807, 2.05) is 0 Å². The fourth-order valence-corrected chi connectivity index (χ4v) is 2.79. The fraction of sp³-hybridized carbons (Fsp3) is 0.0870. The third kappa shape index (κ3) is 6.76. The van der Waals surface area contributed by atoms with Crippen molar-refractivity contribution in [1.82, 2.24) is 0 Å². The number of rotatable bonds is 6. The van der Waals surface area contributed by atoms with E-state index >= 15 is 0 Å². The van der Waals surface area contributed by atoms with Gasteiger partial charge in [-0.1, -0.05) is 24.3 Å². The van der Waals surface area contributed by atoms with Crippen LogP contribution in [0.3, 0.4) is 0 Å². The van der Waals surface area contributed by atoms with Gasteiger partial charge in [-0.05, 0) is 59.7 Å². The Hall–Kier alpha value is -3.95. The van der Waals surface area contributed by atoms with Crippen molar-refractivity contribution in [1.29, 1.82) is 0 Å². The topological polar surface area (TPSA) is 55.8 Å². The highest BCUT2D eigenvalue weighted by atomic mass is 19.4. The zero-order valence-electron chi connectivity index (χ0n) is 16.4. The molecule has 0 radical (unpaired) electrons. The second-order valence-electron chi connectivity index (χ2n) is 6.62. The number of carboxylic acids is 1. The molecule has 0 aliphatic carbocycles. The summed E-state index contributed by atoms with van der Waals surface area (Å²) in [6, 6.07) is 13.5. The number of hydrogen-bond donors (Lipinski definition) is 1. The smallest absolute Gasteiger partial charge is 0.478 e. The Labute approximate surface area is 183 Å². The normalized spacial score (nSPS) is 12.1. The summed E-state index contributed by atoms with van der Waals surface area (Å²) in [5.74, 6) is -1.44. The first kappa shape index (κ1) is 23.7. The molecular weight excluding hydrogens is 454 g/mol. The molecule has 10 heteroatoms. The number of carbonyl (C=O) groups is 1. The van der Waals surface area contributed by atoms with Crippen LogP contribution in [-0.4, -0.2) is 17.4 Å². The molecule has 0 aliphatic heterocycles. The molecule has 0 unspecified atom stereocenters. The minimum absolute atomic E-state index is 0.0686. The summed E-state index contributed by atoms with van der Waals surface area (Å²) in [5.41, 5.74) is 0.451. The Morgan fingerprint density at radius 3 is 1.91 bits per heavy atom. The van der Waals surface area contributed by atoms with Crippen LogP contribution in [-0.2, 0) is 11.0 Å². The van der Waals surface area contributed by atoms with E-state index < -0.39 is 29.8 Å². The van der Waals surface area contributed by atoms with E-state index in [1.165, 1.54) is 30.3 Å². The monoisotopic (exact) mass is 468 g/mol. The zero-order valence-corrected chi connectivity index (χ0v) is 16.4. The first-order chi connectivity index (χ1) is 15.4. The number of ether oxygens (including phenoxy) is 2. The molecule has 1 N–H and O–H groups in total. The highest BCUT2D eigenvalue weighted by Crippen LogP contribution is 2.35. The summed E-state index contributed by atoms with van der Waals surface area (Å²) in [6.45, 7) is 0. The SMILES string of the molecule is O=C(O)/C=C/c1ccc(-c2ccc(OC(F)(F)F)cc2)cc1Oc1ccc(C(F)(F)F)cc1. The van der Waals surface area contributed by atoms with E-state index in [0.717, 1.165) is 42.5 Å². The first-order valence-electron chi connectivity index (χ1n) is 9.17. The van der Waals surface area contributed by atoms with Gasteiger partial charge >= 0.3 is 18.5 Å². The Kier molecular flexibility index (Phi) is 6.66. The summed E-state index contributed by atoms with van der Waals surface area (Å²) in [5, 5.41) is 8.88. The maximum absolute atomic E-state index is 12.8. The van der Waals surface area contributed by atoms with Crippen molar-refractivity contribution in [3.8, 4) is 28.4 Å². The molecule has 0 heterocycles. The van der Waals surface area contributed by atoms with Gasteiger partial charge in [-0.25, -0.2) is 4.79 Å². The highest BCUT2D eigenvalue weighted by Gasteiger charge is 2.31. The molecule has 33 heavy (non-hydrogen) atoms. The lowest BCUT2D eigenvalue weighted by molar-refractivity contribution is -0.274. The Morgan fingerprint density at radius 1 is 0.788 bits per heavy atom. The van der Waals surface area contributed by atoms with Crippen molar-refractivity contribution < 1.29 is 45.7 Å². The second-order valence-corrected chi connectivity index (χ2v) is 6.62. The van der Waals surface area contributed by atoms with Gasteiger partial charge < -0.3 is 14.6 Å². The van der Waals surface area contributed by atoms with Crippen LogP contribution in [0.25, 0.3) is 17.2 Å². The maximum atomic E-state index is 12.8. The molecule has 172 valence electrons. The molecule has 4 nitrogen and oxygen atoms in total. The molecular formula is C23H14F6O4. The van der Waals surface area contributed by atoms with Crippen molar-refractivity contribution >= 4 is 12.0 Å². The van der Waals surface area contributed by atoms with Crippen LogP contribution in [0.15, 0.2) is 72.8 Å². The molecule has 3 rings (SSSR count). The van der Waals surface area contributed by atoms with E-state index in [4.69, 9.17) is 9.84 Å². The van der Waals surface area contributed by atoms with Crippen LogP contribution in [0.4, 0.5) is 26.3 Å². The summed E-state index contributed by atoms with van der Waals surface area (Å²) < 4.78 is 84.8. The quantitative estimate of drug-likeness (QED) is 0.308. The van der Waals surface area contributed by atoms with Crippen LogP contribution >= 0.6 is 0 Å². The molecule has 0 spiro atoms. The summed E-state index contributed by atoms with van der Waals surface area (Å²) in [4.78, 5) is 10.9. The van der Waals surface area contributed by atoms with Gasteiger partial charge in [0.15, 0.2) is 0 Å². The lowest BCUT2D eigenvalue weighted by atomic mass is 10.0. The fourth-order valence-electron chi connectivity index (χ4n) is 2.79. The van der Waals surface area contributed by atoms with E-state index in [2.05, 4.69) is 4.74 Å². The van der Waals surface area contributed by atoms with Crippen LogP contribution in [0.2, 0.25) is 0 Å². The largest absolute Gasteiger partial charge is 0.573 e. The molecule has 0 bridgehead atoms. The third-order valence-electron chi connectivity index (χ3n) is 4.25. The van der Waals surface area contributed by atoms with E-state index in [0.29, 0.717) is 16.7 Å². The van der Waals surface area contributed by atoms with Gasteiger partial charge in [-0.2, -0.15) is 13.2 Å². The van der Waals surface area contributed by atoms with Gasteiger partial charge in [0, 0.05) is 11.6 Å². The standard InChI is InChI=1S/C23H14F6O4/c24-22(25,26)17-6-10-18(11-7-17)32-20-13-16(2-1-15(20)5-12-21(30)31)14-3-8-19(9-4-14)33-23(27,28)29/h1-13H,(H,30,31)/b12-5+. The second kappa shape index (κ2) is 9.27. The van der Waals surface area contributed by atoms with Gasteiger partial charge in [0.25, 0.3) is 0 Å². The van der Waals surface area contributed by atoms with Crippen LogP contribution in [0.1, 0.15) is 11.1 Å². The van der Waals surface area contributed by atoms with Crippen LogP contribution in [0, 0.1) is 0 Å². The molecule has 0 saturated heterocycles. The average molecular weight is 468 g/mol. The van der Waals surface area contributed by atoms with Gasteiger partial charge in [0.05, 0.1) is 5.56 Å².